The van der Waals surface area contributed by atoms with E-state index in [0.29, 0.717) is 6.42 Å². The number of nitrogens with zero attached hydrogens (tertiary/aromatic N) is 3. The van der Waals surface area contributed by atoms with Crippen molar-refractivity contribution in [1.29, 1.82) is 0 Å². The van der Waals surface area contributed by atoms with E-state index in [-0.39, 0.29) is 6.04 Å². The molecule has 18 heavy (non-hydrogen) atoms. The highest BCUT2D eigenvalue weighted by Gasteiger charge is 2.14. The van der Waals surface area contributed by atoms with Crippen molar-refractivity contribution < 1.29 is 0 Å². The van der Waals surface area contributed by atoms with Gasteiger partial charge in [0, 0.05) is 23.5 Å². The normalized spacial score (nSPS) is 12.7. The van der Waals surface area contributed by atoms with Gasteiger partial charge >= 0.3 is 0 Å². The summed E-state index contributed by atoms with van der Waals surface area (Å²) in [6, 6.07) is 6.07. The van der Waals surface area contributed by atoms with Gasteiger partial charge in [-0.3, -0.25) is 4.68 Å². The third-order valence-electron chi connectivity index (χ3n) is 3.02. The first-order valence-electron chi connectivity index (χ1n) is 6.00. The monoisotopic (exact) mass is 308 g/mol. The lowest BCUT2D eigenvalue weighted by molar-refractivity contribution is 0.580. The van der Waals surface area contributed by atoms with Crippen LogP contribution in [0.4, 0.5) is 0 Å². The minimum Gasteiger partial charge on any atom is -0.324 e. The van der Waals surface area contributed by atoms with Crippen LogP contribution in [0.25, 0.3) is 0 Å². The lowest BCUT2D eigenvalue weighted by Crippen LogP contribution is -2.17. The molecule has 2 N–H and O–H groups in total. The van der Waals surface area contributed by atoms with Crippen LogP contribution >= 0.6 is 15.9 Å². The van der Waals surface area contributed by atoms with Gasteiger partial charge in [0.1, 0.15) is 12.2 Å². The first kappa shape index (κ1) is 13.2. The number of nitrogens with two attached hydrogens (primary N) is 1. The average molecular weight is 309 g/mol. The number of aryl methyl sites for hydroxylation is 2. The maximum Gasteiger partial charge on any atom is 0.138 e. The predicted molar refractivity (Wildman–Crippen MR) is 75.2 cm³/mol. The summed E-state index contributed by atoms with van der Waals surface area (Å²) in [6.45, 7) is 4.93. The third-order valence-corrected chi connectivity index (χ3v) is 4.10. The van der Waals surface area contributed by atoms with Gasteiger partial charge < -0.3 is 5.73 Å². The molecular weight excluding hydrogens is 292 g/mol. The molecule has 0 aliphatic rings. The van der Waals surface area contributed by atoms with E-state index in [1.807, 2.05) is 17.7 Å². The van der Waals surface area contributed by atoms with Gasteiger partial charge in [0.05, 0.1) is 0 Å². The maximum atomic E-state index is 6.27. The molecule has 0 aliphatic heterocycles. The minimum absolute atomic E-state index is 0.0752. The third kappa shape index (κ3) is 2.62. The van der Waals surface area contributed by atoms with Crippen LogP contribution in [0.15, 0.2) is 29.0 Å². The zero-order chi connectivity index (χ0) is 13.1. The van der Waals surface area contributed by atoms with Crippen molar-refractivity contribution in [3.63, 3.8) is 0 Å². The van der Waals surface area contributed by atoms with E-state index < -0.39 is 0 Å². The Morgan fingerprint density at radius 3 is 2.94 bits per heavy atom. The average Bonchev–Trinajstić information content (AvgIpc) is 2.79. The first-order chi connectivity index (χ1) is 8.63. The molecule has 2 aromatic rings. The molecule has 0 saturated carbocycles. The van der Waals surface area contributed by atoms with E-state index in [4.69, 9.17) is 5.73 Å². The quantitative estimate of drug-likeness (QED) is 0.944. The Bertz CT molecular complexity index is 536. The minimum atomic E-state index is -0.0752. The van der Waals surface area contributed by atoms with E-state index in [0.717, 1.165) is 22.4 Å². The summed E-state index contributed by atoms with van der Waals surface area (Å²) in [4.78, 5) is 4.26. The predicted octanol–water partition coefficient (Wildman–Crippen LogP) is 2.61. The van der Waals surface area contributed by atoms with Gasteiger partial charge in [-0.25, -0.2) is 4.98 Å². The fourth-order valence-corrected chi connectivity index (χ4v) is 2.53. The molecule has 2 rings (SSSR count). The van der Waals surface area contributed by atoms with Gasteiger partial charge in [-0.05, 0) is 25.0 Å². The zero-order valence-electron chi connectivity index (χ0n) is 10.6. The van der Waals surface area contributed by atoms with Gasteiger partial charge in [0.2, 0.25) is 0 Å². The highest BCUT2D eigenvalue weighted by molar-refractivity contribution is 9.10. The van der Waals surface area contributed by atoms with Gasteiger partial charge in [-0.1, -0.05) is 34.1 Å². The fourth-order valence-electron chi connectivity index (χ4n) is 1.97. The van der Waals surface area contributed by atoms with Crippen molar-refractivity contribution in [3.05, 3.63) is 46.0 Å². The molecule has 0 saturated heterocycles. The van der Waals surface area contributed by atoms with Crippen molar-refractivity contribution in [1.82, 2.24) is 14.8 Å². The summed E-state index contributed by atoms with van der Waals surface area (Å²) in [5, 5.41) is 4.16. The Morgan fingerprint density at radius 2 is 2.22 bits per heavy atom. The van der Waals surface area contributed by atoms with Crippen molar-refractivity contribution in [3.8, 4) is 0 Å². The summed E-state index contributed by atoms with van der Waals surface area (Å²) in [7, 11) is 0. The molecule has 0 radical (unpaired) electrons. The Kier molecular flexibility index (Phi) is 4.14. The van der Waals surface area contributed by atoms with Gasteiger partial charge in [-0.15, -0.1) is 0 Å². The Balaban J connectivity index is 2.22. The smallest absolute Gasteiger partial charge is 0.138 e. The van der Waals surface area contributed by atoms with E-state index in [1.165, 1.54) is 5.56 Å². The number of aromatic nitrogens is 3. The highest BCUT2D eigenvalue weighted by Crippen LogP contribution is 2.26. The largest absolute Gasteiger partial charge is 0.324 e. The summed E-state index contributed by atoms with van der Waals surface area (Å²) < 4.78 is 2.96. The van der Waals surface area contributed by atoms with Crippen LogP contribution in [-0.2, 0) is 13.0 Å². The second-order valence-corrected chi connectivity index (χ2v) is 5.07. The van der Waals surface area contributed by atoms with E-state index in [9.17, 15) is 0 Å². The van der Waals surface area contributed by atoms with Crippen molar-refractivity contribution in [2.45, 2.75) is 32.9 Å². The number of hydrogen-bond donors (Lipinski definition) is 1. The molecule has 1 unspecified atom stereocenters. The second kappa shape index (κ2) is 5.63. The Hall–Kier alpha value is -1.20. The number of hydrogen-bond acceptors (Lipinski definition) is 3. The molecule has 1 atom stereocenters. The van der Waals surface area contributed by atoms with E-state index in [2.05, 4.69) is 45.1 Å². The molecule has 0 spiro atoms. The molecule has 0 bridgehead atoms. The summed E-state index contributed by atoms with van der Waals surface area (Å²) in [5.74, 6) is 0.929. The highest BCUT2D eigenvalue weighted by atomic mass is 79.9. The maximum absolute atomic E-state index is 6.27. The van der Waals surface area contributed by atoms with Gasteiger partial charge in [0.25, 0.3) is 0 Å². The molecule has 1 aromatic heterocycles. The Labute approximate surface area is 115 Å². The first-order valence-corrected chi connectivity index (χ1v) is 6.80. The summed E-state index contributed by atoms with van der Waals surface area (Å²) >= 11 is 3.60. The van der Waals surface area contributed by atoms with Crippen molar-refractivity contribution in [2.24, 2.45) is 5.73 Å². The summed E-state index contributed by atoms with van der Waals surface area (Å²) in [5.41, 5.74) is 8.57. The molecule has 5 heteroatoms. The van der Waals surface area contributed by atoms with Crippen LogP contribution in [0, 0.1) is 6.92 Å². The van der Waals surface area contributed by atoms with Crippen LogP contribution in [0.2, 0.25) is 0 Å². The molecule has 0 amide bonds. The van der Waals surface area contributed by atoms with Crippen LogP contribution in [0.3, 0.4) is 0 Å². The van der Waals surface area contributed by atoms with Crippen LogP contribution < -0.4 is 5.73 Å². The van der Waals surface area contributed by atoms with Gasteiger partial charge in [-0.2, -0.15) is 5.10 Å². The molecule has 4 nitrogen and oxygen atoms in total. The lowest BCUT2D eigenvalue weighted by atomic mass is 10.0. The fraction of sp³-hybridized carbons (Fsp3) is 0.385. The SMILES string of the molecule is CCn1ncnc1CC(N)c1cccc(C)c1Br. The second-order valence-electron chi connectivity index (χ2n) is 4.28. The van der Waals surface area contributed by atoms with Crippen LogP contribution in [0.1, 0.15) is 29.9 Å². The van der Waals surface area contributed by atoms with Crippen molar-refractivity contribution in [2.75, 3.05) is 0 Å². The molecule has 96 valence electrons. The summed E-state index contributed by atoms with van der Waals surface area (Å²) in [6.07, 6.45) is 2.27. The van der Waals surface area contributed by atoms with Crippen LogP contribution in [0.5, 0.6) is 0 Å². The molecule has 1 heterocycles. The Morgan fingerprint density at radius 1 is 1.44 bits per heavy atom. The zero-order valence-corrected chi connectivity index (χ0v) is 12.2. The molecular formula is C13H17BrN4. The van der Waals surface area contributed by atoms with Gasteiger partial charge in [0.15, 0.2) is 0 Å². The van der Waals surface area contributed by atoms with Crippen molar-refractivity contribution >= 4 is 15.9 Å². The van der Waals surface area contributed by atoms with E-state index in [1.54, 1.807) is 6.33 Å². The van der Waals surface area contributed by atoms with E-state index >= 15 is 0 Å². The van der Waals surface area contributed by atoms with Crippen LogP contribution in [-0.4, -0.2) is 14.8 Å². The molecule has 0 fully saturated rings. The number of benzene rings is 1. The molecule has 1 aromatic carbocycles. The standard InChI is InChI=1S/C13H17BrN4/c1-3-18-12(16-8-17-18)7-11(15)10-6-4-5-9(2)13(10)14/h4-6,8,11H,3,7,15H2,1-2H3. The number of rotatable bonds is 4. The number of halogens is 1. The topological polar surface area (TPSA) is 56.7 Å². The molecule has 0 aliphatic carbocycles. The lowest BCUT2D eigenvalue weighted by Gasteiger charge is -2.15.